The number of rotatable bonds is 6. The maximum Gasteiger partial charge on any atom is 0.252 e. The second-order valence-electron chi connectivity index (χ2n) is 7.22. The largest absolute Gasteiger partial charge is 0.368 e. The molecule has 30 heavy (non-hydrogen) atoms. The van der Waals surface area contributed by atoms with E-state index in [-0.39, 0.29) is 5.91 Å². The summed E-state index contributed by atoms with van der Waals surface area (Å²) in [6.45, 7) is 0. The fourth-order valence-electron chi connectivity index (χ4n) is 3.58. The van der Waals surface area contributed by atoms with Crippen LogP contribution in [-0.2, 0) is 11.2 Å². The average Bonchev–Trinajstić information content (AvgIpc) is 2.79. The second kappa shape index (κ2) is 8.62. The van der Waals surface area contributed by atoms with Crippen molar-refractivity contribution in [2.45, 2.75) is 12.5 Å². The number of carbonyl (C=O) groups excluding carboxylic acids is 2. The monoisotopic (exact) mass is 394 g/mol. The molecule has 4 heteroatoms. The van der Waals surface area contributed by atoms with Crippen molar-refractivity contribution < 1.29 is 9.59 Å². The van der Waals surface area contributed by atoms with E-state index in [1.807, 2.05) is 91.0 Å². The third kappa shape index (κ3) is 4.23. The van der Waals surface area contributed by atoms with Gasteiger partial charge in [0.15, 0.2) is 0 Å². The highest BCUT2D eigenvalue weighted by Gasteiger charge is 2.20. The van der Waals surface area contributed by atoms with Crippen LogP contribution in [0, 0.1) is 0 Å². The van der Waals surface area contributed by atoms with Gasteiger partial charge in [0.1, 0.15) is 6.04 Å². The Morgan fingerprint density at radius 3 is 2.10 bits per heavy atom. The Labute approximate surface area is 175 Å². The predicted octanol–water partition coefficient (Wildman–Crippen LogP) is 4.33. The molecule has 4 aromatic rings. The van der Waals surface area contributed by atoms with Gasteiger partial charge in [-0.3, -0.25) is 9.59 Å². The van der Waals surface area contributed by atoms with Crippen LogP contribution in [0.1, 0.15) is 15.9 Å². The number of nitrogens with two attached hydrogens (primary N) is 1. The number of hydrogen-bond donors (Lipinski definition) is 2. The molecule has 0 unspecified atom stereocenters. The Bertz CT molecular complexity index is 1180. The molecule has 2 amide bonds. The minimum Gasteiger partial charge on any atom is -0.368 e. The zero-order valence-corrected chi connectivity index (χ0v) is 16.4. The van der Waals surface area contributed by atoms with Gasteiger partial charge >= 0.3 is 0 Å². The van der Waals surface area contributed by atoms with Crippen molar-refractivity contribution in [2.24, 2.45) is 5.73 Å². The van der Waals surface area contributed by atoms with Crippen molar-refractivity contribution >= 4 is 22.6 Å². The molecule has 0 bridgehead atoms. The van der Waals surface area contributed by atoms with Gasteiger partial charge in [0, 0.05) is 12.0 Å². The van der Waals surface area contributed by atoms with Crippen molar-refractivity contribution in [1.29, 1.82) is 0 Å². The summed E-state index contributed by atoms with van der Waals surface area (Å²) < 4.78 is 0. The molecule has 0 aliphatic rings. The van der Waals surface area contributed by atoms with Crippen LogP contribution in [0.25, 0.3) is 21.9 Å². The lowest BCUT2D eigenvalue weighted by atomic mass is 9.99. The summed E-state index contributed by atoms with van der Waals surface area (Å²) in [5, 5.41) is 4.62. The van der Waals surface area contributed by atoms with E-state index in [1.54, 1.807) is 6.07 Å². The van der Waals surface area contributed by atoms with Crippen LogP contribution in [0.3, 0.4) is 0 Å². The van der Waals surface area contributed by atoms with E-state index in [1.165, 1.54) is 0 Å². The first-order valence-corrected chi connectivity index (χ1v) is 9.84. The molecule has 148 valence electrons. The van der Waals surface area contributed by atoms with Gasteiger partial charge in [-0.05, 0) is 33.5 Å². The number of carbonyl (C=O) groups is 2. The van der Waals surface area contributed by atoms with Gasteiger partial charge in [0.05, 0.1) is 0 Å². The maximum atomic E-state index is 12.9. The summed E-state index contributed by atoms with van der Waals surface area (Å²) in [6.07, 6.45) is 0.334. The number of nitrogens with one attached hydrogen (secondary N) is 1. The SMILES string of the molecule is NC(=O)[C@H](Cc1ccc(-c2ccccc2)cc1)NC(=O)c1cccc2ccccc12. The molecule has 0 saturated carbocycles. The summed E-state index contributed by atoms with van der Waals surface area (Å²) in [5.74, 6) is -0.868. The lowest BCUT2D eigenvalue weighted by Gasteiger charge is -2.17. The Morgan fingerprint density at radius 2 is 1.37 bits per heavy atom. The zero-order chi connectivity index (χ0) is 20.9. The highest BCUT2D eigenvalue weighted by molar-refractivity contribution is 6.08. The van der Waals surface area contributed by atoms with Gasteiger partial charge in [0.25, 0.3) is 5.91 Å². The predicted molar refractivity (Wildman–Crippen MR) is 120 cm³/mol. The molecule has 4 nitrogen and oxygen atoms in total. The maximum absolute atomic E-state index is 12.9. The summed E-state index contributed by atoms with van der Waals surface area (Å²) in [5.41, 5.74) is 9.26. The third-order valence-corrected chi connectivity index (χ3v) is 5.18. The molecule has 0 radical (unpaired) electrons. The van der Waals surface area contributed by atoms with Gasteiger partial charge < -0.3 is 11.1 Å². The topological polar surface area (TPSA) is 72.2 Å². The summed E-state index contributed by atoms with van der Waals surface area (Å²) >= 11 is 0. The summed E-state index contributed by atoms with van der Waals surface area (Å²) in [7, 11) is 0. The highest BCUT2D eigenvalue weighted by Crippen LogP contribution is 2.21. The second-order valence-corrected chi connectivity index (χ2v) is 7.22. The van der Waals surface area contributed by atoms with E-state index in [0.29, 0.717) is 12.0 Å². The molecule has 0 heterocycles. The molecule has 3 N–H and O–H groups in total. The van der Waals surface area contributed by atoms with Crippen LogP contribution in [0.5, 0.6) is 0 Å². The number of primary amides is 1. The number of benzene rings is 4. The molecule has 4 rings (SSSR count). The van der Waals surface area contributed by atoms with Gasteiger partial charge in [-0.25, -0.2) is 0 Å². The van der Waals surface area contributed by atoms with Gasteiger partial charge in [0.2, 0.25) is 5.91 Å². The fourth-order valence-corrected chi connectivity index (χ4v) is 3.58. The van der Waals surface area contributed by atoms with E-state index in [0.717, 1.165) is 27.5 Å². The quantitative estimate of drug-likeness (QED) is 0.511. The van der Waals surface area contributed by atoms with Gasteiger partial charge in [-0.15, -0.1) is 0 Å². The van der Waals surface area contributed by atoms with E-state index in [9.17, 15) is 9.59 Å². The molecule has 0 aliphatic heterocycles. The van der Waals surface area contributed by atoms with Crippen LogP contribution < -0.4 is 11.1 Å². The first-order chi connectivity index (χ1) is 14.6. The fraction of sp³-hybridized carbons (Fsp3) is 0.0769. The molecular formula is C26H22N2O2. The van der Waals surface area contributed by atoms with Crippen molar-refractivity contribution in [3.8, 4) is 11.1 Å². The van der Waals surface area contributed by atoms with Gasteiger partial charge in [-0.2, -0.15) is 0 Å². The summed E-state index contributed by atoms with van der Waals surface area (Å²) in [4.78, 5) is 24.9. The standard InChI is InChI=1S/C26H22N2O2/c27-25(29)24(17-18-13-15-20(16-14-18)19-7-2-1-3-8-19)28-26(30)23-12-6-10-21-9-4-5-11-22(21)23/h1-16,24H,17H2,(H2,27,29)(H,28,30)/t24-/m0/s1. The molecular weight excluding hydrogens is 372 g/mol. The lowest BCUT2D eigenvalue weighted by Crippen LogP contribution is -2.45. The van der Waals surface area contributed by atoms with Crippen molar-refractivity contribution in [1.82, 2.24) is 5.32 Å². The minimum atomic E-state index is -0.793. The Kier molecular flexibility index (Phi) is 5.57. The normalized spacial score (nSPS) is 11.7. The molecule has 0 aromatic heterocycles. The van der Waals surface area contributed by atoms with Crippen molar-refractivity contribution in [2.75, 3.05) is 0 Å². The molecule has 1 atom stereocenters. The number of hydrogen-bond acceptors (Lipinski definition) is 2. The third-order valence-electron chi connectivity index (χ3n) is 5.18. The Hall–Kier alpha value is -3.92. The number of amides is 2. The van der Waals surface area contributed by atoms with E-state index in [2.05, 4.69) is 5.32 Å². The van der Waals surface area contributed by atoms with Crippen LogP contribution in [0.2, 0.25) is 0 Å². The summed E-state index contributed by atoms with van der Waals surface area (Å²) in [6, 6.07) is 30.4. The van der Waals surface area contributed by atoms with E-state index < -0.39 is 11.9 Å². The van der Waals surface area contributed by atoms with E-state index in [4.69, 9.17) is 5.73 Å². The smallest absolute Gasteiger partial charge is 0.252 e. The molecule has 0 spiro atoms. The lowest BCUT2D eigenvalue weighted by molar-refractivity contribution is -0.119. The van der Waals surface area contributed by atoms with Crippen molar-refractivity contribution in [3.63, 3.8) is 0 Å². The van der Waals surface area contributed by atoms with Gasteiger partial charge in [-0.1, -0.05) is 91.0 Å². The molecule has 0 fully saturated rings. The van der Waals surface area contributed by atoms with Crippen LogP contribution >= 0.6 is 0 Å². The zero-order valence-electron chi connectivity index (χ0n) is 16.4. The minimum absolute atomic E-state index is 0.309. The number of fused-ring (bicyclic) bond motifs is 1. The Morgan fingerprint density at radius 1 is 0.733 bits per heavy atom. The van der Waals surface area contributed by atoms with Crippen LogP contribution in [-0.4, -0.2) is 17.9 Å². The molecule has 0 saturated heterocycles. The molecule has 0 aliphatic carbocycles. The average molecular weight is 394 g/mol. The Balaban J connectivity index is 1.52. The first kappa shape index (κ1) is 19.4. The van der Waals surface area contributed by atoms with Crippen LogP contribution in [0.15, 0.2) is 97.1 Å². The van der Waals surface area contributed by atoms with Crippen molar-refractivity contribution in [3.05, 3.63) is 108 Å². The van der Waals surface area contributed by atoms with E-state index >= 15 is 0 Å². The highest BCUT2D eigenvalue weighted by atomic mass is 16.2. The molecule has 4 aromatic carbocycles. The first-order valence-electron chi connectivity index (χ1n) is 9.84. The van der Waals surface area contributed by atoms with Crippen LogP contribution in [0.4, 0.5) is 0 Å².